The first-order valence-electron chi connectivity index (χ1n) is 6.70. The van der Waals surface area contributed by atoms with E-state index < -0.39 is 0 Å². The van der Waals surface area contributed by atoms with Crippen molar-refractivity contribution in [3.8, 4) is 5.75 Å². The van der Waals surface area contributed by atoms with Gasteiger partial charge in [-0.2, -0.15) is 5.10 Å². The summed E-state index contributed by atoms with van der Waals surface area (Å²) in [5.74, 6) is 0.917. The Morgan fingerprint density at radius 1 is 1.32 bits per heavy atom. The number of hydrogen-bond acceptors (Lipinski definition) is 3. The van der Waals surface area contributed by atoms with E-state index in [0.29, 0.717) is 6.61 Å². The van der Waals surface area contributed by atoms with E-state index in [-0.39, 0.29) is 0 Å². The van der Waals surface area contributed by atoms with Crippen molar-refractivity contribution in [3.63, 3.8) is 0 Å². The first-order valence-corrected chi connectivity index (χ1v) is 6.70. The Bertz CT molecular complexity index is 508. The van der Waals surface area contributed by atoms with Crippen LogP contribution in [0.2, 0.25) is 0 Å². The summed E-state index contributed by atoms with van der Waals surface area (Å²) in [6.07, 6.45) is 1.81. The fraction of sp³-hybridized carbons (Fsp3) is 0.400. The van der Waals surface area contributed by atoms with Gasteiger partial charge < -0.3 is 10.1 Å². The van der Waals surface area contributed by atoms with Crippen LogP contribution in [0.25, 0.3) is 0 Å². The van der Waals surface area contributed by atoms with E-state index in [2.05, 4.69) is 29.5 Å². The van der Waals surface area contributed by atoms with Crippen molar-refractivity contribution < 1.29 is 4.74 Å². The smallest absolute Gasteiger partial charge is 0.119 e. The molecule has 1 aromatic carbocycles. The van der Waals surface area contributed by atoms with Crippen LogP contribution >= 0.6 is 0 Å². The van der Waals surface area contributed by atoms with Crippen molar-refractivity contribution in [2.24, 2.45) is 0 Å². The monoisotopic (exact) mass is 259 g/mol. The first-order chi connectivity index (χ1) is 9.29. The highest BCUT2D eigenvalue weighted by molar-refractivity contribution is 5.28. The molecule has 1 N–H and O–H groups in total. The minimum Gasteiger partial charge on any atom is -0.492 e. The average molecular weight is 259 g/mol. The molecular weight excluding hydrogens is 238 g/mol. The van der Waals surface area contributed by atoms with Gasteiger partial charge in [0.2, 0.25) is 0 Å². The highest BCUT2D eigenvalue weighted by atomic mass is 16.5. The van der Waals surface area contributed by atoms with Crippen LogP contribution in [-0.2, 0) is 13.1 Å². The second kappa shape index (κ2) is 6.95. The van der Waals surface area contributed by atoms with E-state index in [1.807, 2.05) is 36.0 Å². The van der Waals surface area contributed by atoms with Crippen molar-refractivity contribution in [1.29, 1.82) is 0 Å². The normalized spacial score (nSPS) is 10.6. The van der Waals surface area contributed by atoms with Gasteiger partial charge in [-0.3, -0.25) is 4.68 Å². The van der Waals surface area contributed by atoms with Crippen LogP contribution in [0.3, 0.4) is 0 Å². The minimum absolute atomic E-state index is 0.632. The van der Waals surface area contributed by atoms with Gasteiger partial charge in [-0.15, -0.1) is 0 Å². The summed E-state index contributed by atoms with van der Waals surface area (Å²) in [5.41, 5.74) is 2.40. The molecular formula is C15H21N3O. The van der Waals surface area contributed by atoms with Crippen molar-refractivity contribution in [3.05, 3.63) is 47.8 Å². The van der Waals surface area contributed by atoms with Gasteiger partial charge in [0.05, 0.1) is 6.54 Å². The van der Waals surface area contributed by atoms with Crippen LogP contribution in [0, 0.1) is 6.92 Å². The lowest BCUT2D eigenvalue weighted by Gasteiger charge is -2.09. The molecule has 0 spiro atoms. The zero-order chi connectivity index (χ0) is 13.5. The van der Waals surface area contributed by atoms with Crippen LogP contribution in [-0.4, -0.2) is 22.9 Å². The quantitative estimate of drug-likeness (QED) is 0.829. The molecule has 0 unspecified atom stereocenters. The summed E-state index contributed by atoms with van der Waals surface area (Å²) in [6, 6.07) is 10.2. The van der Waals surface area contributed by atoms with Crippen molar-refractivity contribution in [2.75, 3.05) is 13.2 Å². The van der Waals surface area contributed by atoms with Crippen LogP contribution in [0.5, 0.6) is 5.75 Å². The van der Waals surface area contributed by atoms with Gasteiger partial charge in [0.25, 0.3) is 0 Å². The molecule has 0 saturated carbocycles. The largest absolute Gasteiger partial charge is 0.492 e. The van der Waals surface area contributed by atoms with Crippen LogP contribution in [0.1, 0.15) is 18.2 Å². The summed E-state index contributed by atoms with van der Waals surface area (Å²) < 4.78 is 7.71. The number of ether oxygens (including phenoxy) is 1. The van der Waals surface area contributed by atoms with Crippen molar-refractivity contribution >= 4 is 0 Å². The summed E-state index contributed by atoms with van der Waals surface area (Å²) in [4.78, 5) is 0. The third-order valence-electron chi connectivity index (χ3n) is 2.98. The molecule has 0 aliphatic carbocycles. The summed E-state index contributed by atoms with van der Waals surface area (Å²) >= 11 is 0. The number of hydrogen-bond donors (Lipinski definition) is 1. The van der Waals surface area contributed by atoms with Crippen molar-refractivity contribution in [2.45, 2.75) is 26.9 Å². The van der Waals surface area contributed by atoms with Crippen LogP contribution < -0.4 is 10.1 Å². The maximum atomic E-state index is 5.77. The third-order valence-corrected chi connectivity index (χ3v) is 2.98. The van der Waals surface area contributed by atoms with Gasteiger partial charge in [-0.25, -0.2) is 0 Å². The minimum atomic E-state index is 0.632. The molecule has 0 saturated heterocycles. The molecule has 0 aliphatic rings. The number of benzene rings is 1. The number of aromatic nitrogens is 2. The van der Waals surface area contributed by atoms with Crippen molar-refractivity contribution in [1.82, 2.24) is 15.1 Å². The Balaban J connectivity index is 1.84. The zero-order valence-electron chi connectivity index (χ0n) is 11.6. The Kier molecular flexibility index (Phi) is 4.98. The van der Waals surface area contributed by atoms with Gasteiger partial charge in [0.1, 0.15) is 12.4 Å². The highest BCUT2D eigenvalue weighted by Crippen LogP contribution is 2.13. The molecule has 0 aliphatic heterocycles. The molecule has 0 fully saturated rings. The molecule has 2 rings (SSSR count). The van der Waals surface area contributed by atoms with Gasteiger partial charge in [0.15, 0.2) is 0 Å². The first kappa shape index (κ1) is 13.6. The zero-order valence-corrected chi connectivity index (χ0v) is 11.6. The van der Waals surface area contributed by atoms with E-state index in [0.717, 1.165) is 31.1 Å². The molecule has 0 amide bonds. The Labute approximate surface area is 114 Å². The maximum absolute atomic E-state index is 5.77. The molecule has 0 radical (unpaired) electrons. The average Bonchev–Trinajstić information content (AvgIpc) is 2.83. The molecule has 19 heavy (non-hydrogen) atoms. The fourth-order valence-electron chi connectivity index (χ4n) is 1.90. The lowest BCUT2D eigenvalue weighted by atomic mass is 10.2. The van der Waals surface area contributed by atoms with E-state index >= 15 is 0 Å². The SMILES string of the molecule is CCNCc1cccc(OCCn2nccc2C)c1. The Morgan fingerprint density at radius 2 is 2.21 bits per heavy atom. The highest BCUT2D eigenvalue weighted by Gasteiger charge is 1.99. The second-order valence-electron chi connectivity index (χ2n) is 4.47. The second-order valence-corrected chi connectivity index (χ2v) is 4.47. The maximum Gasteiger partial charge on any atom is 0.119 e. The molecule has 1 heterocycles. The van der Waals surface area contributed by atoms with Crippen LogP contribution in [0.4, 0.5) is 0 Å². The summed E-state index contributed by atoms with van der Waals surface area (Å²) in [6.45, 7) is 7.41. The lowest BCUT2D eigenvalue weighted by molar-refractivity contribution is 0.289. The third kappa shape index (κ3) is 4.10. The van der Waals surface area contributed by atoms with Gasteiger partial charge in [0, 0.05) is 18.4 Å². The molecule has 0 atom stereocenters. The number of nitrogens with one attached hydrogen (secondary N) is 1. The molecule has 4 nitrogen and oxygen atoms in total. The summed E-state index contributed by atoms with van der Waals surface area (Å²) in [5, 5.41) is 7.54. The molecule has 102 valence electrons. The predicted molar refractivity (Wildman–Crippen MR) is 76.3 cm³/mol. The molecule has 4 heteroatoms. The Morgan fingerprint density at radius 3 is 2.95 bits per heavy atom. The number of nitrogens with zero attached hydrogens (tertiary/aromatic N) is 2. The fourth-order valence-corrected chi connectivity index (χ4v) is 1.90. The Hall–Kier alpha value is -1.81. The number of aryl methyl sites for hydroxylation is 1. The lowest BCUT2D eigenvalue weighted by Crippen LogP contribution is -2.12. The molecule has 2 aromatic rings. The standard InChI is InChI=1S/C15H21N3O/c1-3-16-12-14-5-4-6-15(11-14)19-10-9-18-13(2)7-8-17-18/h4-8,11,16H,3,9-10,12H2,1-2H3. The van der Waals surface area contributed by atoms with E-state index in [1.165, 1.54) is 5.56 Å². The molecule has 1 aromatic heterocycles. The summed E-state index contributed by atoms with van der Waals surface area (Å²) in [7, 11) is 0. The van der Waals surface area contributed by atoms with Gasteiger partial charge >= 0.3 is 0 Å². The topological polar surface area (TPSA) is 39.1 Å². The molecule has 0 bridgehead atoms. The van der Waals surface area contributed by atoms with Crippen LogP contribution in [0.15, 0.2) is 36.5 Å². The van der Waals surface area contributed by atoms with Gasteiger partial charge in [-0.1, -0.05) is 19.1 Å². The van der Waals surface area contributed by atoms with E-state index in [1.54, 1.807) is 0 Å². The van der Waals surface area contributed by atoms with E-state index in [9.17, 15) is 0 Å². The van der Waals surface area contributed by atoms with E-state index in [4.69, 9.17) is 4.74 Å². The number of rotatable bonds is 7. The van der Waals surface area contributed by atoms with Gasteiger partial charge in [-0.05, 0) is 37.2 Å². The predicted octanol–water partition coefficient (Wildman–Crippen LogP) is 2.38.